The highest BCUT2D eigenvalue weighted by Gasteiger charge is 2.35. The van der Waals surface area contributed by atoms with Crippen molar-refractivity contribution in [2.24, 2.45) is 0 Å². The monoisotopic (exact) mass is 396 g/mol. The molecule has 0 spiro atoms. The molecule has 0 aliphatic carbocycles. The molecule has 0 atom stereocenters. The molecular formula is C16H17BrN2O5. The Hall–Kier alpha value is -2.35. The standard InChI is InChI=1S/C16H17BrN2O5/c1-9(2)24-13-5-4-10(6-11(13)17)7-12-15(21)19(16(22)18-12)8-14(20)23-3/h4-7,9H,8H2,1-3H3,(H,18,22)/b12-7+. The van der Waals surface area contributed by atoms with Gasteiger partial charge in [-0.2, -0.15) is 0 Å². The molecule has 3 amide bonds. The third-order valence-corrected chi connectivity index (χ3v) is 3.73. The number of halogens is 1. The molecule has 1 aromatic rings. The molecule has 1 aliphatic rings. The molecule has 24 heavy (non-hydrogen) atoms. The quantitative estimate of drug-likeness (QED) is 0.468. The molecular weight excluding hydrogens is 380 g/mol. The summed E-state index contributed by atoms with van der Waals surface area (Å²) in [4.78, 5) is 36.0. The van der Waals surface area contributed by atoms with Crippen molar-refractivity contribution in [2.75, 3.05) is 13.7 Å². The van der Waals surface area contributed by atoms with Crippen LogP contribution in [0.5, 0.6) is 5.75 Å². The Balaban J connectivity index is 2.19. The van der Waals surface area contributed by atoms with Gasteiger partial charge in [-0.15, -0.1) is 0 Å². The first-order valence-electron chi connectivity index (χ1n) is 7.19. The van der Waals surface area contributed by atoms with Gasteiger partial charge in [0.25, 0.3) is 5.91 Å². The molecule has 0 unspecified atom stereocenters. The van der Waals surface area contributed by atoms with Gasteiger partial charge in [-0.25, -0.2) is 9.69 Å². The fourth-order valence-corrected chi connectivity index (χ4v) is 2.52. The molecule has 128 valence electrons. The largest absolute Gasteiger partial charge is 0.490 e. The topological polar surface area (TPSA) is 84.9 Å². The second-order valence-electron chi connectivity index (χ2n) is 5.31. The normalized spacial score (nSPS) is 15.9. The zero-order valence-electron chi connectivity index (χ0n) is 13.5. The van der Waals surface area contributed by atoms with E-state index in [1.807, 2.05) is 13.8 Å². The molecule has 0 bridgehead atoms. The van der Waals surface area contributed by atoms with Gasteiger partial charge in [0.15, 0.2) is 0 Å². The van der Waals surface area contributed by atoms with E-state index in [0.717, 1.165) is 9.37 Å². The minimum absolute atomic E-state index is 0.0353. The number of carbonyl (C=O) groups excluding carboxylic acids is 3. The number of hydrogen-bond donors (Lipinski definition) is 1. The molecule has 1 aliphatic heterocycles. The predicted octanol–water partition coefficient (Wildman–Crippen LogP) is 2.30. The van der Waals surface area contributed by atoms with Crippen LogP contribution in [-0.4, -0.2) is 42.6 Å². The molecule has 8 heteroatoms. The average Bonchev–Trinajstić information content (AvgIpc) is 2.77. The van der Waals surface area contributed by atoms with Crippen LogP contribution in [0.2, 0.25) is 0 Å². The number of imide groups is 1. The van der Waals surface area contributed by atoms with Crippen LogP contribution in [0.3, 0.4) is 0 Å². The third kappa shape index (κ3) is 4.14. The van der Waals surface area contributed by atoms with Crippen LogP contribution in [0.15, 0.2) is 28.4 Å². The van der Waals surface area contributed by atoms with Gasteiger partial charge in [0.1, 0.15) is 18.0 Å². The average molecular weight is 397 g/mol. The zero-order valence-corrected chi connectivity index (χ0v) is 15.0. The van der Waals surface area contributed by atoms with Crippen LogP contribution in [0, 0.1) is 0 Å². The lowest BCUT2D eigenvalue weighted by atomic mass is 10.2. The van der Waals surface area contributed by atoms with Crippen LogP contribution in [0.1, 0.15) is 19.4 Å². The first-order valence-corrected chi connectivity index (χ1v) is 7.98. The maximum absolute atomic E-state index is 12.2. The minimum Gasteiger partial charge on any atom is -0.490 e. The number of benzene rings is 1. The third-order valence-electron chi connectivity index (χ3n) is 3.11. The molecule has 0 radical (unpaired) electrons. The number of nitrogens with zero attached hydrogens (tertiary/aromatic N) is 1. The Morgan fingerprint density at radius 1 is 1.38 bits per heavy atom. The number of hydrogen-bond acceptors (Lipinski definition) is 5. The molecule has 0 aromatic heterocycles. The van der Waals surface area contributed by atoms with E-state index in [0.29, 0.717) is 11.3 Å². The van der Waals surface area contributed by atoms with Crippen LogP contribution in [0.4, 0.5) is 4.79 Å². The van der Waals surface area contributed by atoms with E-state index in [4.69, 9.17) is 4.74 Å². The van der Waals surface area contributed by atoms with E-state index in [1.54, 1.807) is 18.2 Å². The summed E-state index contributed by atoms with van der Waals surface area (Å²) in [6.07, 6.45) is 1.56. The first kappa shape index (κ1) is 18.0. The van der Waals surface area contributed by atoms with Crippen LogP contribution < -0.4 is 10.1 Å². The summed E-state index contributed by atoms with van der Waals surface area (Å²) in [5.74, 6) is -0.567. The fraction of sp³-hybridized carbons (Fsp3) is 0.312. The van der Waals surface area contributed by atoms with Gasteiger partial charge in [0.05, 0.1) is 17.7 Å². The van der Waals surface area contributed by atoms with Crippen LogP contribution in [-0.2, 0) is 14.3 Å². The summed E-state index contributed by atoms with van der Waals surface area (Å²) >= 11 is 3.41. The van der Waals surface area contributed by atoms with Crippen molar-refractivity contribution in [3.63, 3.8) is 0 Å². The van der Waals surface area contributed by atoms with E-state index < -0.39 is 24.5 Å². The van der Waals surface area contributed by atoms with E-state index >= 15 is 0 Å². The molecule has 1 N–H and O–H groups in total. The van der Waals surface area contributed by atoms with Gasteiger partial charge in [0, 0.05) is 0 Å². The maximum atomic E-state index is 12.2. The van der Waals surface area contributed by atoms with Crippen molar-refractivity contribution in [1.82, 2.24) is 10.2 Å². The fourth-order valence-electron chi connectivity index (χ4n) is 2.03. The van der Waals surface area contributed by atoms with Gasteiger partial charge in [-0.05, 0) is 53.5 Å². The van der Waals surface area contributed by atoms with E-state index in [9.17, 15) is 14.4 Å². The molecule has 1 aromatic carbocycles. The van der Waals surface area contributed by atoms with E-state index in [1.165, 1.54) is 13.2 Å². The second kappa shape index (κ2) is 7.48. The highest BCUT2D eigenvalue weighted by Crippen LogP contribution is 2.28. The van der Waals surface area contributed by atoms with Gasteiger partial charge in [-0.1, -0.05) is 6.07 Å². The number of urea groups is 1. The van der Waals surface area contributed by atoms with Crippen molar-refractivity contribution in [3.8, 4) is 5.75 Å². The van der Waals surface area contributed by atoms with Crippen molar-refractivity contribution < 1.29 is 23.9 Å². The second-order valence-corrected chi connectivity index (χ2v) is 6.17. The molecule has 0 saturated carbocycles. The Morgan fingerprint density at radius 3 is 2.67 bits per heavy atom. The Labute approximate surface area is 147 Å². The van der Waals surface area contributed by atoms with E-state index in [-0.39, 0.29) is 11.8 Å². The van der Waals surface area contributed by atoms with Crippen LogP contribution in [0.25, 0.3) is 6.08 Å². The first-order chi connectivity index (χ1) is 11.3. The maximum Gasteiger partial charge on any atom is 0.329 e. The predicted molar refractivity (Wildman–Crippen MR) is 90.1 cm³/mol. The molecule has 1 saturated heterocycles. The molecule has 1 heterocycles. The van der Waals surface area contributed by atoms with Gasteiger partial charge < -0.3 is 14.8 Å². The summed E-state index contributed by atoms with van der Waals surface area (Å²) in [5, 5.41) is 2.44. The molecule has 7 nitrogen and oxygen atoms in total. The molecule has 1 fully saturated rings. The number of esters is 1. The summed E-state index contributed by atoms with van der Waals surface area (Å²) in [6.45, 7) is 3.42. The highest BCUT2D eigenvalue weighted by atomic mass is 79.9. The number of rotatable bonds is 5. The number of methoxy groups -OCH3 is 1. The Morgan fingerprint density at radius 2 is 2.08 bits per heavy atom. The van der Waals surface area contributed by atoms with Gasteiger partial charge >= 0.3 is 12.0 Å². The number of amides is 3. The molecule has 2 rings (SSSR count). The Kier molecular flexibility index (Phi) is 5.61. The van der Waals surface area contributed by atoms with Gasteiger partial charge in [0.2, 0.25) is 0 Å². The van der Waals surface area contributed by atoms with Crippen molar-refractivity contribution in [2.45, 2.75) is 20.0 Å². The summed E-state index contributed by atoms with van der Waals surface area (Å²) < 4.78 is 10.8. The summed E-state index contributed by atoms with van der Waals surface area (Å²) in [6, 6.07) is 4.64. The lowest BCUT2D eigenvalue weighted by Gasteiger charge is -2.11. The number of carbonyl (C=O) groups is 3. The highest BCUT2D eigenvalue weighted by molar-refractivity contribution is 9.10. The number of ether oxygens (including phenoxy) is 2. The van der Waals surface area contributed by atoms with Gasteiger partial charge in [-0.3, -0.25) is 9.59 Å². The summed E-state index contributed by atoms with van der Waals surface area (Å²) in [7, 11) is 1.19. The number of nitrogens with one attached hydrogen (secondary N) is 1. The lowest BCUT2D eigenvalue weighted by Crippen LogP contribution is -2.36. The SMILES string of the molecule is COC(=O)CN1C(=O)N/C(=C/c2ccc(OC(C)C)c(Br)c2)C1=O. The summed E-state index contributed by atoms with van der Waals surface area (Å²) in [5.41, 5.74) is 0.787. The van der Waals surface area contributed by atoms with Crippen LogP contribution >= 0.6 is 15.9 Å². The Bertz CT molecular complexity index is 714. The van der Waals surface area contributed by atoms with Crippen molar-refractivity contribution in [1.29, 1.82) is 0 Å². The van der Waals surface area contributed by atoms with Crippen molar-refractivity contribution >= 4 is 39.9 Å². The lowest BCUT2D eigenvalue weighted by molar-refractivity contribution is -0.143. The van der Waals surface area contributed by atoms with E-state index in [2.05, 4.69) is 26.0 Å². The zero-order chi connectivity index (χ0) is 17.9. The minimum atomic E-state index is -0.669. The smallest absolute Gasteiger partial charge is 0.329 e. The van der Waals surface area contributed by atoms with Crippen molar-refractivity contribution in [3.05, 3.63) is 33.9 Å².